The summed E-state index contributed by atoms with van der Waals surface area (Å²) in [4.78, 5) is 0. The predicted octanol–water partition coefficient (Wildman–Crippen LogP) is 6.33. The van der Waals surface area contributed by atoms with Crippen LogP contribution >= 0.6 is 0 Å². The van der Waals surface area contributed by atoms with Crippen LogP contribution in [-0.2, 0) is 6.42 Å². The van der Waals surface area contributed by atoms with Gasteiger partial charge < -0.3 is 0 Å². The first-order valence-electron chi connectivity index (χ1n) is 9.49. The molecule has 0 unspecified atom stereocenters. The van der Waals surface area contributed by atoms with Crippen LogP contribution < -0.4 is 0 Å². The van der Waals surface area contributed by atoms with Crippen molar-refractivity contribution in [2.45, 2.75) is 58.3 Å². The highest BCUT2D eigenvalue weighted by molar-refractivity contribution is 5.44. The summed E-state index contributed by atoms with van der Waals surface area (Å²) in [7, 11) is 0. The van der Waals surface area contributed by atoms with E-state index < -0.39 is 0 Å². The third-order valence-electron chi connectivity index (χ3n) is 5.52. The first-order chi connectivity index (χ1) is 11.8. The minimum atomic E-state index is 0.761. The molecule has 3 rings (SSSR count). The van der Waals surface area contributed by atoms with E-state index in [2.05, 4.69) is 74.2 Å². The molecule has 2 aromatic rings. The van der Waals surface area contributed by atoms with Crippen LogP contribution in [0.25, 0.3) is 0 Å². The Labute approximate surface area is 147 Å². The molecule has 0 atom stereocenters. The summed E-state index contributed by atoms with van der Waals surface area (Å²) in [5, 5.41) is 0. The Kier molecular flexibility index (Phi) is 5.76. The minimum absolute atomic E-state index is 0.761. The molecule has 0 heteroatoms. The quantitative estimate of drug-likeness (QED) is 0.580. The number of rotatable bonds is 3. The standard InChI is InChI=1S/C24H28/c1-3-19-5-7-21(8-6-19)9-10-22-13-17-24(18-14-22)23-15-11-20(4-2)12-16-23/h5-8,13-14,17-18,20,23H,3-4,11-12,15-16H2,1-2H3. The van der Waals surface area contributed by atoms with E-state index in [1.54, 1.807) is 0 Å². The van der Waals surface area contributed by atoms with Crippen LogP contribution in [0.1, 0.15) is 74.1 Å². The Hall–Kier alpha value is -2.00. The summed E-state index contributed by atoms with van der Waals surface area (Å²) in [6.45, 7) is 4.51. The van der Waals surface area contributed by atoms with Crippen molar-refractivity contribution >= 4 is 0 Å². The normalized spacial score (nSPS) is 20.2. The fourth-order valence-electron chi connectivity index (χ4n) is 3.71. The van der Waals surface area contributed by atoms with Gasteiger partial charge in [0.05, 0.1) is 0 Å². The van der Waals surface area contributed by atoms with Crippen LogP contribution in [-0.4, -0.2) is 0 Å². The van der Waals surface area contributed by atoms with Gasteiger partial charge in [0, 0.05) is 11.1 Å². The van der Waals surface area contributed by atoms with Crippen molar-refractivity contribution in [1.82, 2.24) is 0 Å². The largest absolute Gasteiger partial charge is 0.0651 e. The molecule has 2 aromatic carbocycles. The van der Waals surface area contributed by atoms with Crippen molar-refractivity contribution < 1.29 is 0 Å². The van der Waals surface area contributed by atoms with Crippen molar-refractivity contribution in [2.75, 3.05) is 0 Å². The van der Waals surface area contributed by atoms with E-state index in [1.807, 2.05) is 0 Å². The van der Waals surface area contributed by atoms with Gasteiger partial charge >= 0.3 is 0 Å². The molecule has 0 heterocycles. The number of aryl methyl sites for hydroxylation is 1. The van der Waals surface area contributed by atoms with Crippen molar-refractivity contribution in [3.05, 3.63) is 70.8 Å². The monoisotopic (exact) mass is 316 g/mol. The average Bonchev–Trinajstić information content (AvgIpc) is 2.67. The Balaban J connectivity index is 1.63. The van der Waals surface area contributed by atoms with Gasteiger partial charge in [0.1, 0.15) is 0 Å². The molecule has 0 aliphatic heterocycles. The minimum Gasteiger partial charge on any atom is -0.0651 e. The molecule has 0 nitrogen and oxygen atoms in total. The number of hydrogen-bond acceptors (Lipinski definition) is 0. The highest BCUT2D eigenvalue weighted by Crippen LogP contribution is 2.36. The van der Waals surface area contributed by atoms with E-state index in [9.17, 15) is 0 Å². The van der Waals surface area contributed by atoms with Gasteiger partial charge in [-0.15, -0.1) is 0 Å². The summed E-state index contributed by atoms with van der Waals surface area (Å²) in [5.41, 5.74) is 5.07. The lowest BCUT2D eigenvalue weighted by molar-refractivity contribution is 0.319. The molecule has 0 bridgehead atoms. The lowest BCUT2D eigenvalue weighted by Gasteiger charge is -2.28. The van der Waals surface area contributed by atoms with Crippen molar-refractivity contribution in [1.29, 1.82) is 0 Å². The van der Waals surface area contributed by atoms with Crippen LogP contribution in [0.2, 0.25) is 0 Å². The van der Waals surface area contributed by atoms with Gasteiger partial charge in [0.15, 0.2) is 0 Å². The lowest BCUT2D eigenvalue weighted by atomic mass is 9.78. The van der Waals surface area contributed by atoms with Gasteiger partial charge in [-0.1, -0.05) is 56.4 Å². The molecule has 0 amide bonds. The molecule has 0 spiro atoms. The topological polar surface area (TPSA) is 0 Å². The fourth-order valence-corrected chi connectivity index (χ4v) is 3.71. The van der Waals surface area contributed by atoms with Gasteiger partial charge in [-0.25, -0.2) is 0 Å². The maximum Gasteiger partial charge on any atom is 0.0249 e. The third-order valence-corrected chi connectivity index (χ3v) is 5.52. The molecule has 0 N–H and O–H groups in total. The SMILES string of the molecule is CCc1ccc(C#Cc2ccc(C3CCC(CC)CC3)cc2)cc1. The molecule has 1 saturated carbocycles. The molecule has 0 aromatic heterocycles. The zero-order valence-electron chi connectivity index (χ0n) is 15.0. The van der Waals surface area contributed by atoms with Crippen molar-refractivity contribution in [3.8, 4) is 11.8 Å². The summed E-state index contributed by atoms with van der Waals surface area (Å²) in [5.74, 6) is 8.29. The Morgan fingerprint density at radius 1 is 0.750 bits per heavy atom. The van der Waals surface area contributed by atoms with Crippen molar-refractivity contribution in [2.24, 2.45) is 5.92 Å². The third kappa shape index (κ3) is 4.30. The predicted molar refractivity (Wildman–Crippen MR) is 103 cm³/mol. The van der Waals surface area contributed by atoms with Crippen molar-refractivity contribution in [3.63, 3.8) is 0 Å². The first kappa shape index (κ1) is 16.8. The molecule has 1 aliphatic carbocycles. The van der Waals surface area contributed by atoms with Crippen LogP contribution in [0.15, 0.2) is 48.5 Å². The van der Waals surface area contributed by atoms with E-state index in [0.717, 1.165) is 29.4 Å². The Morgan fingerprint density at radius 3 is 1.79 bits per heavy atom. The zero-order valence-corrected chi connectivity index (χ0v) is 15.0. The zero-order chi connectivity index (χ0) is 16.8. The molecular formula is C24H28. The van der Waals surface area contributed by atoms with Gasteiger partial charge in [-0.2, -0.15) is 0 Å². The second kappa shape index (κ2) is 8.20. The maximum atomic E-state index is 3.29. The number of hydrogen-bond donors (Lipinski definition) is 0. The Bertz CT molecular complexity index is 686. The van der Waals surface area contributed by atoms with Crippen LogP contribution in [0.3, 0.4) is 0 Å². The van der Waals surface area contributed by atoms with Gasteiger partial charge in [-0.3, -0.25) is 0 Å². The maximum absolute atomic E-state index is 3.29. The van der Waals surface area contributed by atoms with E-state index in [1.165, 1.54) is 43.2 Å². The molecule has 1 aliphatic rings. The lowest BCUT2D eigenvalue weighted by Crippen LogP contribution is -2.12. The molecule has 124 valence electrons. The molecule has 0 radical (unpaired) electrons. The van der Waals surface area contributed by atoms with E-state index in [4.69, 9.17) is 0 Å². The highest BCUT2D eigenvalue weighted by Gasteiger charge is 2.20. The first-order valence-corrected chi connectivity index (χ1v) is 9.49. The molecule has 0 saturated heterocycles. The van der Waals surface area contributed by atoms with Crippen LogP contribution in [0.4, 0.5) is 0 Å². The summed E-state index contributed by atoms with van der Waals surface area (Å²) in [6, 6.07) is 17.5. The van der Waals surface area contributed by atoms with Gasteiger partial charge in [-0.05, 0) is 79.3 Å². The van der Waals surface area contributed by atoms with E-state index in [-0.39, 0.29) is 0 Å². The van der Waals surface area contributed by atoms with Gasteiger partial charge in [0.2, 0.25) is 0 Å². The van der Waals surface area contributed by atoms with E-state index in [0.29, 0.717) is 0 Å². The molecular weight excluding hydrogens is 288 g/mol. The van der Waals surface area contributed by atoms with Crippen LogP contribution in [0.5, 0.6) is 0 Å². The summed E-state index contributed by atoms with van der Waals surface area (Å²) in [6.07, 6.45) is 7.93. The summed E-state index contributed by atoms with van der Waals surface area (Å²) >= 11 is 0. The summed E-state index contributed by atoms with van der Waals surface area (Å²) < 4.78 is 0. The highest BCUT2D eigenvalue weighted by atomic mass is 14.3. The second-order valence-corrected chi connectivity index (χ2v) is 7.05. The number of benzene rings is 2. The fraction of sp³-hybridized carbons (Fsp3) is 0.417. The smallest absolute Gasteiger partial charge is 0.0249 e. The second-order valence-electron chi connectivity index (χ2n) is 7.05. The van der Waals surface area contributed by atoms with Gasteiger partial charge in [0.25, 0.3) is 0 Å². The molecule has 1 fully saturated rings. The van der Waals surface area contributed by atoms with Crippen LogP contribution in [0, 0.1) is 17.8 Å². The average molecular weight is 316 g/mol. The Morgan fingerprint density at radius 2 is 1.29 bits per heavy atom. The van der Waals surface area contributed by atoms with E-state index >= 15 is 0 Å². The molecule has 24 heavy (non-hydrogen) atoms.